The van der Waals surface area contributed by atoms with Gasteiger partial charge in [0.25, 0.3) is 0 Å². The lowest BCUT2D eigenvalue weighted by Gasteiger charge is -1.99. The van der Waals surface area contributed by atoms with Crippen LogP contribution in [-0.4, -0.2) is 5.78 Å². The van der Waals surface area contributed by atoms with Crippen LogP contribution in [0.3, 0.4) is 0 Å². The first kappa shape index (κ1) is 8.99. The molecular weight excluding hydrogens is 150 g/mol. The van der Waals surface area contributed by atoms with E-state index in [1.165, 1.54) is 0 Å². The van der Waals surface area contributed by atoms with Crippen molar-refractivity contribution < 1.29 is 4.79 Å². The molecule has 1 rings (SSSR count). The SMILES string of the molecule is CC(=O)[C@@H]1C[C@]1(C#N)C=C(C)C. The Balaban J connectivity index is 2.81. The van der Waals surface area contributed by atoms with Crippen LogP contribution in [0.1, 0.15) is 27.2 Å². The number of carbonyl (C=O) groups excluding carboxylic acids is 1. The first-order valence-electron chi connectivity index (χ1n) is 4.09. The fraction of sp³-hybridized carbons (Fsp3) is 0.600. The molecule has 0 aliphatic heterocycles. The monoisotopic (exact) mass is 163 g/mol. The molecule has 1 fully saturated rings. The molecule has 0 aromatic carbocycles. The fourth-order valence-electron chi connectivity index (χ4n) is 1.62. The summed E-state index contributed by atoms with van der Waals surface area (Å²) in [5, 5.41) is 8.88. The van der Waals surface area contributed by atoms with Crippen molar-refractivity contribution in [1.82, 2.24) is 0 Å². The lowest BCUT2D eigenvalue weighted by Crippen LogP contribution is -2.03. The number of ketones is 1. The number of nitriles is 1. The number of nitrogens with zero attached hydrogens (tertiary/aromatic N) is 1. The number of rotatable bonds is 2. The lowest BCUT2D eigenvalue weighted by atomic mass is 10.0. The van der Waals surface area contributed by atoms with Crippen molar-refractivity contribution >= 4 is 5.78 Å². The van der Waals surface area contributed by atoms with Crippen molar-refractivity contribution in [1.29, 1.82) is 5.26 Å². The van der Waals surface area contributed by atoms with Crippen molar-refractivity contribution in [3.05, 3.63) is 11.6 Å². The molecule has 64 valence electrons. The van der Waals surface area contributed by atoms with E-state index >= 15 is 0 Å². The highest BCUT2D eigenvalue weighted by atomic mass is 16.1. The summed E-state index contributed by atoms with van der Waals surface area (Å²) >= 11 is 0. The van der Waals surface area contributed by atoms with Gasteiger partial charge in [-0.05, 0) is 27.2 Å². The second kappa shape index (κ2) is 2.75. The molecule has 0 saturated heterocycles. The molecule has 0 N–H and O–H groups in total. The summed E-state index contributed by atoms with van der Waals surface area (Å²) in [6.45, 7) is 5.46. The molecule has 2 heteroatoms. The van der Waals surface area contributed by atoms with Gasteiger partial charge in [-0.2, -0.15) is 5.26 Å². The maximum Gasteiger partial charge on any atom is 0.134 e. The Bertz CT molecular complexity index is 281. The van der Waals surface area contributed by atoms with Crippen molar-refractivity contribution in [2.75, 3.05) is 0 Å². The highest BCUT2D eigenvalue weighted by molar-refractivity contribution is 5.83. The van der Waals surface area contributed by atoms with Crippen molar-refractivity contribution in [3.63, 3.8) is 0 Å². The fourth-order valence-corrected chi connectivity index (χ4v) is 1.62. The van der Waals surface area contributed by atoms with Gasteiger partial charge in [-0.25, -0.2) is 0 Å². The summed E-state index contributed by atoms with van der Waals surface area (Å²) in [6, 6.07) is 2.22. The average Bonchev–Trinajstić information content (AvgIpc) is 2.63. The van der Waals surface area contributed by atoms with Crippen LogP contribution in [0.15, 0.2) is 11.6 Å². The summed E-state index contributed by atoms with van der Waals surface area (Å²) < 4.78 is 0. The minimum Gasteiger partial charge on any atom is -0.300 e. The highest BCUT2D eigenvalue weighted by Gasteiger charge is 2.55. The largest absolute Gasteiger partial charge is 0.300 e. The zero-order chi connectivity index (χ0) is 9.35. The standard InChI is InChI=1S/C10H13NO/c1-7(2)4-10(6-11)5-9(10)8(3)12/h4,9H,5H2,1-3H3/t9-,10-/m0/s1. The first-order valence-corrected chi connectivity index (χ1v) is 4.09. The van der Waals surface area contributed by atoms with E-state index in [4.69, 9.17) is 5.26 Å². The molecule has 0 aromatic rings. The Hall–Kier alpha value is -1.10. The molecular formula is C10H13NO. The molecule has 2 nitrogen and oxygen atoms in total. The van der Waals surface area contributed by atoms with Gasteiger partial charge in [0, 0.05) is 5.92 Å². The van der Waals surface area contributed by atoms with Crippen molar-refractivity contribution in [2.24, 2.45) is 11.3 Å². The number of allylic oxidation sites excluding steroid dienone is 2. The summed E-state index contributed by atoms with van der Waals surface area (Å²) in [4.78, 5) is 11.0. The molecule has 1 aliphatic rings. The van der Waals surface area contributed by atoms with Crippen LogP contribution in [0.5, 0.6) is 0 Å². The molecule has 0 radical (unpaired) electrons. The summed E-state index contributed by atoms with van der Waals surface area (Å²) in [5.74, 6) is 0.0893. The van der Waals surface area contributed by atoms with Crippen molar-refractivity contribution in [2.45, 2.75) is 27.2 Å². The van der Waals surface area contributed by atoms with E-state index in [1.807, 2.05) is 19.9 Å². The average molecular weight is 163 g/mol. The van der Waals surface area contributed by atoms with E-state index < -0.39 is 5.41 Å². The van der Waals surface area contributed by atoms with Crippen LogP contribution in [0.25, 0.3) is 0 Å². The molecule has 0 heterocycles. The van der Waals surface area contributed by atoms with Gasteiger partial charge in [0.15, 0.2) is 0 Å². The predicted molar refractivity (Wildman–Crippen MR) is 46.3 cm³/mol. The zero-order valence-electron chi connectivity index (χ0n) is 7.72. The molecule has 0 amide bonds. The smallest absolute Gasteiger partial charge is 0.134 e. The Morgan fingerprint density at radius 1 is 1.58 bits per heavy atom. The van der Waals surface area contributed by atoms with E-state index in [1.54, 1.807) is 6.92 Å². The second-order valence-corrected chi connectivity index (χ2v) is 3.74. The van der Waals surface area contributed by atoms with Crippen LogP contribution < -0.4 is 0 Å². The van der Waals surface area contributed by atoms with Gasteiger partial charge < -0.3 is 0 Å². The number of Topliss-reactive ketones (excluding diaryl/α,β-unsaturated/α-hetero) is 1. The van der Waals surface area contributed by atoms with Gasteiger partial charge in [-0.1, -0.05) is 11.6 Å². The van der Waals surface area contributed by atoms with E-state index in [0.717, 1.165) is 5.57 Å². The Morgan fingerprint density at radius 2 is 2.17 bits per heavy atom. The van der Waals surface area contributed by atoms with Crippen molar-refractivity contribution in [3.8, 4) is 6.07 Å². The van der Waals surface area contributed by atoms with Gasteiger partial charge in [-0.15, -0.1) is 0 Å². The second-order valence-electron chi connectivity index (χ2n) is 3.74. The lowest BCUT2D eigenvalue weighted by molar-refractivity contribution is -0.118. The molecule has 12 heavy (non-hydrogen) atoms. The third kappa shape index (κ3) is 1.40. The summed E-state index contributed by atoms with van der Waals surface area (Å²) in [5.41, 5.74) is 0.658. The minimum atomic E-state index is -0.454. The molecule has 1 aliphatic carbocycles. The minimum absolute atomic E-state index is 0.0441. The van der Waals surface area contributed by atoms with Gasteiger partial charge in [0.2, 0.25) is 0 Å². The van der Waals surface area contributed by atoms with E-state index in [9.17, 15) is 4.79 Å². The van der Waals surface area contributed by atoms with Crippen LogP contribution in [-0.2, 0) is 4.79 Å². The van der Waals surface area contributed by atoms with Crippen LogP contribution >= 0.6 is 0 Å². The van der Waals surface area contributed by atoms with Crippen LogP contribution in [0.2, 0.25) is 0 Å². The van der Waals surface area contributed by atoms with Gasteiger partial charge in [-0.3, -0.25) is 4.79 Å². The summed E-state index contributed by atoms with van der Waals surface area (Å²) in [7, 11) is 0. The maximum absolute atomic E-state index is 11.0. The Labute approximate surface area is 72.9 Å². The van der Waals surface area contributed by atoms with Gasteiger partial charge >= 0.3 is 0 Å². The predicted octanol–water partition coefficient (Wildman–Crippen LogP) is 2.07. The molecule has 0 unspecified atom stereocenters. The third-order valence-corrected chi connectivity index (χ3v) is 2.25. The molecule has 0 aromatic heterocycles. The number of carbonyl (C=O) groups is 1. The summed E-state index contributed by atoms with van der Waals surface area (Å²) in [6.07, 6.45) is 2.63. The third-order valence-electron chi connectivity index (χ3n) is 2.25. The van der Waals surface area contributed by atoms with Crippen LogP contribution in [0.4, 0.5) is 0 Å². The first-order chi connectivity index (χ1) is 5.52. The van der Waals surface area contributed by atoms with E-state index in [2.05, 4.69) is 6.07 Å². The molecule has 0 spiro atoms. The normalized spacial score (nSPS) is 32.0. The van der Waals surface area contributed by atoms with Gasteiger partial charge in [0.1, 0.15) is 5.78 Å². The molecule has 0 bridgehead atoms. The Morgan fingerprint density at radius 3 is 2.42 bits per heavy atom. The quantitative estimate of drug-likeness (QED) is 0.585. The highest BCUT2D eigenvalue weighted by Crippen LogP contribution is 2.54. The number of hydrogen-bond acceptors (Lipinski definition) is 2. The topological polar surface area (TPSA) is 40.9 Å². The maximum atomic E-state index is 11.0. The van der Waals surface area contributed by atoms with Gasteiger partial charge in [0.05, 0.1) is 11.5 Å². The number of hydrogen-bond donors (Lipinski definition) is 0. The van der Waals surface area contributed by atoms with Crippen LogP contribution in [0, 0.1) is 22.7 Å². The Kier molecular flexibility index (Phi) is 2.06. The zero-order valence-corrected chi connectivity index (χ0v) is 7.72. The molecule has 2 atom stereocenters. The van der Waals surface area contributed by atoms with E-state index in [0.29, 0.717) is 6.42 Å². The molecule has 1 saturated carbocycles. The van der Waals surface area contributed by atoms with E-state index in [-0.39, 0.29) is 11.7 Å².